The average molecular weight is 324 g/mol. The molecule has 8 heteroatoms. The normalized spacial score (nSPS) is 21.7. The Balaban J connectivity index is 1.68. The molecule has 1 saturated carbocycles. The van der Waals surface area contributed by atoms with Gasteiger partial charge in [0, 0.05) is 12.0 Å². The van der Waals surface area contributed by atoms with Gasteiger partial charge < -0.3 is 5.32 Å². The lowest BCUT2D eigenvalue weighted by molar-refractivity contribution is -0.138. The van der Waals surface area contributed by atoms with Crippen LogP contribution in [0.3, 0.4) is 0 Å². The third kappa shape index (κ3) is 3.20. The number of hydrogen-bond donors (Lipinski definition) is 1. The molecule has 122 valence electrons. The largest absolute Gasteiger partial charge is 0.416 e. The number of aromatic nitrogens is 3. The van der Waals surface area contributed by atoms with Gasteiger partial charge in [0.25, 0.3) is 0 Å². The maximum absolute atomic E-state index is 13.0. The minimum absolute atomic E-state index is 0.235. The van der Waals surface area contributed by atoms with Crippen LogP contribution in [0, 0.1) is 0 Å². The number of halogens is 3. The summed E-state index contributed by atoms with van der Waals surface area (Å²) in [5.41, 5.74) is -0.398. The summed E-state index contributed by atoms with van der Waals surface area (Å²) in [6.45, 7) is 1.66. The zero-order valence-corrected chi connectivity index (χ0v) is 12.3. The Labute approximate surface area is 130 Å². The van der Waals surface area contributed by atoms with E-state index in [1.54, 1.807) is 13.0 Å². The highest BCUT2D eigenvalue weighted by Gasteiger charge is 2.45. The highest BCUT2D eigenvalue weighted by Crippen LogP contribution is 2.46. The minimum Gasteiger partial charge on any atom is -0.351 e. The van der Waals surface area contributed by atoms with Crippen molar-refractivity contribution in [2.75, 3.05) is 0 Å². The molecule has 3 rings (SSSR count). The molecule has 1 N–H and O–H groups in total. The molecule has 0 saturated heterocycles. The number of nitrogens with zero attached hydrogens (tertiary/aromatic N) is 3. The van der Waals surface area contributed by atoms with Crippen molar-refractivity contribution in [2.24, 2.45) is 0 Å². The molecule has 5 nitrogen and oxygen atoms in total. The van der Waals surface area contributed by atoms with Crippen molar-refractivity contribution in [1.29, 1.82) is 0 Å². The van der Waals surface area contributed by atoms with Crippen molar-refractivity contribution >= 4 is 5.91 Å². The van der Waals surface area contributed by atoms with Crippen molar-refractivity contribution in [2.45, 2.75) is 37.5 Å². The van der Waals surface area contributed by atoms with E-state index in [4.69, 9.17) is 0 Å². The average Bonchev–Trinajstić information content (AvgIpc) is 3.05. The molecule has 3 atom stereocenters. The predicted octanol–water partition coefficient (Wildman–Crippen LogP) is 2.53. The number of hydrogen-bond acceptors (Lipinski definition) is 3. The standard InChI is InChI=1S/C15H15F3N4O/c1-9(22-8-19-7-20-22)14(23)21-13-6-11(13)10-4-2-3-5-12(10)15(16,17)18/h2-5,7-9,11,13H,6H2,1H3,(H,21,23). The van der Waals surface area contributed by atoms with Crippen LogP contribution in [-0.2, 0) is 11.0 Å². The van der Waals surface area contributed by atoms with Crippen molar-refractivity contribution < 1.29 is 18.0 Å². The number of carbonyl (C=O) groups is 1. The summed E-state index contributed by atoms with van der Waals surface area (Å²) in [6, 6.07) is 4.66. The van der Waals surface area contributed by atoms with Gasteiger partial charge in [-0.25, -0.2) is 9.67 Å². The topological polar surface area (TPSA) is 59.8 Å². The van der Waals surface area contributed by atoms with E-state index in [-0.39, 0.29) is 23.4 Å². The fraction of sp³-hybridized carbons (Fsp3) is 0.400. The Hall–Kier alpha value is -2.38. The first kappa shape index (κ1) is 15.5. The highest BCUT2D eigenvalue weighted by molar-refractivity contribution is 5.80. The first-order chi connectivity index (χ1) is 10.9. The molecule has 1 aromatic heterocycles. The zero-order chi connectivity index (χ0) is 16.6. The summed E-state index contributed by atoms with van der Waals surface area (Å²) in [7, 11) is 0. The fourth-order valence-corrected chi connectivity index (χ4v) is 2.62. The molecule has 2 aromatic rings. The second-order valence-corrected chi connectivity index (χ2v) is 5.59. The smallest absolute Gasteiger partial charge is 0.351 e. The minimum atomic E-state index is -4.39. The van der Waals surface area contributed by atoms with Gasteiger partial charge in [0.2, 0.25) is 5.91 Å². The van der Waals surface area contributed by atoms with Crippen LogP contribution in [0.4, 0.5) is 13.2 Å². The van der Waals surface area contributed by atoms with Gasteiger partial charge in [0.1, 0.15) is 18.7 Å². The van der Waals surface area contributed by atoms with E-state index in [2.05, 4.69) is 15.4 Å². The number of amides is 1. The van der Waals surface area contributed by atoms with Crippen LogP contribution in [0.25, 0.3) is 0 Å². The predicted molar refractivity (Wildman–Crippen MR) is 75.5 cm³/mol. The van der Waals surface area contributed by atoms with Gasteiger partial charge in [-0.1, -0.05) is 18.2 Å². The molecule has 0 aliphatic heterocycles. The first-order valence-corrected chi connectivity index (χ1v) is 7.18. The van der Waals surface area contributed by atoms with Crippen molar-refractivity contribution in [3.63, 3.8) is 0 Å². The lowest BCUT2D eigenvalue weighted by atomic mass is 10.0. The second-order valence-electron chi connectivity index (χ2n) is 5.59. The summed E-state index contributed by atoms with van der Waals surface area (Å²) in [4.78, 5) is 15.9. The Bertz CT molecular complexity index is 699. The van der Waals surface area contributed by atoms with Gasteiger partial charge in [-0.15, -0.1) is 0 Å². The molecular weight excluding hydrogens is 309 g/mol. The van der Waals surface area contributed by atoms with Gasteiger partial charge in [-0.3, -0.25) is 4.79 Å². The van der Waals surface area contributed by atoms with E-state index in [9.17, 15) is 18.0 Å². The second kappa shape index (κ2) is 5.68. The van der Waals surface area contributed by atoms with Gasteiger partial charge in [0.15, 0.2) is 0 Å². The third-order valence-electron chi connectivity index (χ3n) is 4.00. The van der Waals surface area contributed by atoms with Crippen LogP contribution in [0.15, 0.2) is 36.9 Å². The zero-order valence-electron chi connectivity index (χ0n) is 12.3. The monoisotopic (exact) mass is 324 g/mol. The quantitative estimate of drug-likeness (QED) is 0.940. The highest BCUT2D eigenvalue weighted by atomic mass is 19.4. The molecule has 1 aliphatic carbocycles. The van der Waals surface area contributed by atoms with Gasteiger partial charge >= 0.3 is 6.18 Å². The number of benzene rings is 1. The van der Waals surface area contributed by atoms with Crippen LogP contribution in [0.5, 0.6) is 0 Å². The summed E-state index contributed by atoms with van der Waals surface area (Å²) < 4.78 is 40.5. The molecule has 0 spiro atoms. The fourth-order valence-electron chi connectivity index (χ4n) is 2.62. The maximum Gasteiger partial charge on any atom is 0.416 e. The van der Waals surface area contributed by atoms with E-state index in [0.717, 1.165) is 6.07 Å². The van der Waals surface area contributed by atoms with E-state index < -0.39 is 17.8 Å². The molecule has 0 bridgehead atoms. The Morgan fingerprint density at radius 3 is 2.78 bits per heavy atom. The number of carbonyl (C=O) groups excluding carboxylic acids is 1. The van der Waals surface area contributed by atoms with Gasteiger partial charge in [-0.05, 0) is 25.0 Å². The first-order valence-electron chi connectivity index (χ1n) is 7.18. The van der Waals surface area contributed by atoms with Crippen LogP contribution in [0.2, 0.25) is 0 Å². The molecule has 1 aromatic carbocycles. The molecule has 1 aliphatic rings. The van der Waals surface area contributed by atoms with Crippen LogP contribution in [0.1, 0.15) is 36.4 Å². The molecule has 1 fully saturated rings. The molecule has 0 radical (unpaired) electrons. The lowest BCUT2D eigenvalue weighted by Gasteiger charge is -2.14. The molecule has 3 unspecified atom stereocenters. The van der Waals surface area contributed by atoms with Crippen LogP contribution in [-0.4, -0.2) is 26.7 Å². The summed E-state index contributed by atoms with van der Waals surface area (Å²) in [5, 5.41) is 6.66. The van der Waals surface area contributed by atoms with Crippen molar-refractivity contribution in [1.82, 2.24) is 20.1 Å². The Morgan fingerprint density at radius 1 is 1.39 bits per heavy atom. The summed E-state index contributed by atoms with van der Waals surface area (Å²) >= 11 is 0. The van der Waals surface area contributed by atoms with Crippen LogP contribution < -0.4 is 5.32 Å². The molecule has 1 amide bonds. The number of alkyl halides is 3. The van der Waals surface area contributed by atoms with E-state index >= 15 is 0 Å². The Kier molecular flexibility index (Phi) is 3.83. The summed E-state index contributed by atoms with van der Waals surface area (Å²) in [6.07, 6.45) is -1.14. The molecular formula is C15H15F3N4O. The van der Waals surface area contributed by atoms with E-state index in [1.807, 2.05) is 0 Å². The summed E-state index contributed by atoms with van der Waals surface area (Å²) in [5.74, 6) is -0.591. The van der Waals surface area contributed by atoms with Crippen molar-refractivity contribution in [3.8, 4) is 0 Å². The third-order valence-corrected chi connectivity index (χ3v) is 4.00. The van der Waals surface area contributed by atoms with Gasteiger partial charge in [0.05, 0.1) is 5.56 Å². The maximum atomic E-state index is 13.0. The molecule has 1 heterocycles. The Morgan fingerprint density at radius 2 is 2.13 bits per heavy atom. The van der Waals surface area contributed by atoms with E-state index in [1.165, 1.54) is 29.5 Å². The van der Waals surface area contributed by atoms with Gasteiger partial charge in [-0.2, -0.15) is 18.3 Å². The lowest BCUT2D eigenvalue weighted by Crippen LogP contribution is -2.33. The van der Waals surface area contributed by atoms with E-state index in [0.29, 0.717) is 6.42 Å². The van der Waals surface area contributed by atoms with Crippen LogP contribution >= 0.6 is 0 Å². The number of rotatable bonds is 4. The number of nitrogens with one attached hydrogen (secondary N) is 1. The van der Waals surface area contributed by atoms with Crippen molar-refractivity contribution in [3.05, 3.63) is 48.0 Å². The molecule has 23 heavy (non-hydrogen) atoms. The SMILES string of the molecule is CC(C(=O)NC1CC1c1ccccc1C(F)(F)F)n1cncn1.